The molecule has 0 amide bonds. The monoisotopic (exact) mass is 399 g/mol. The topological polar surface area (TPSA) is 57.5 Å². The molecule has 0 unspecified atom stereocenters. The van der Waals surface area contributed by atoms with Crippen LogP contribution >= 0.6 is 0 Å². The Morgan fingerprint density at radius 2 is 1.67 bits per heavy atom. The standard InChI is InChI=1S/C25H21NO4/c1-17(27)23-14-20-11-12-22(30-25(28)19-8-4-3-5-9-19)15-24(20)26(23)16-18-7-6-10-21(13-18)29-2/h3-15H,16H2,1-2H3. The van der Waals surface area contributed by atoms with Gasteiger partial charge in [0.1, 0.15) is 11.5 Å². The van der Waals surface area contributed by atoms with E-state index in [0.717, 1.165) is 22.2 Å². The molecular formula is C25H21NO4. The minimum absolute atomic E-state index is 0.0306. The second kappa shape index (κ2) is 8.25. The van der Waals surface area contributed by atoms with E-state index in [1.54, 1.807) is 50.4 Å². The van der Waals surface area contributed by atoms with Crippen LogP contribution in [0.15, 0.2) is 78.9 Å². The molecule has 150 valence electrons. The normalized spacial score (nSPS) is 10.7. The number of methoxy groups -OCH3 is 1. The lowest BCUT2D eigenvalue weighted by atomic mass is 10.2. The fraction of sp³-hybridized carbons (Fsp3) is 0.120. The zero-order chi connectivity index (χ0) is 21.1. The third-order valence-electron chi connectivity index (χ3n) is 4.93. The number of nitrogens with zero attached hydrogens (tertiary/aromatic N) is 1. The zero-order valence-corrected chi connectivity index (χ0v) is 16.8. The lowest BCUT2D eigenvalue weighted by Gasteiger charge is -2.11. The van der Waals surface area contributed by atoms with Crippen molar-refractivity contribution < 1.29 is 19.1 Å². The van der Waals surface area contributed by atoms with Crippen LogP contribution in [0.1, 0.15) is 33.3 Å². The maximum Gasteiger partial charge on any atom is 0.343 e. The molecule has 0 aliphatic heterocycles. The maximum atomic E-state index is 12.4. The number of rotatable bonds is 6. The van der Waals surface area contributed by atoms with E-state index in [4.69, 9.17) is 9.47 Å². The molecule has 0 bridgehead atoms. The van der Waals surface area contributed by atoms with Crippen molar-refractivity contribution in [3.8, 4) is 11.5 Å². The first-order valence-corrected chi connectivity index (χ1v) is 9.59. The Morgan fingerprint density at radius 1 is 0.867 bits per heavy atom. The van der Waals surface area contributed by atoms with Crippen molar-refractivity contribution in [2.75, 3.05) is 7.11 Å². The van der Waals surface area contributed by atoms with E-state index in [1.807, 2.05) is 47.0 Å². The van der Waals surface area contributed by atoms with Gasteiger partial charge in [-0.1, -0.05) is 30.3 Å². The molecule has 0 aliphatic rings. The average Bonchev–Trinajstić information content (AvgIpc) is 3.12. The Morgan fingerprint density at radius 3 is 2.40 bits per heavy atom. The summed E-state index contributed by atoms with van der Waals surface area (Å²) in [4.78, 5) is 24.7. The smallest absolute Gasteiger partial charge is 0.343 e. The highest BCUT2D eigenvalue weighted by atomic mass is 16.5. The molecular weight excluding hydrogens is 378 g/mol. The van der Waals surface area contributed by atoms with Crippen molar-refractivity contribution in [2.45, 2.75) is 13.5 Å². The van der Waals surface area contributed by atoms with Gasteiger partial charge in [-0.2, -0.15) is 0 Å². The summed E-state index contributed by atoms with van der Waals surface area (Å²) in [7, 11) is 1.62. The molecule has 0 N–H and O–H groups in total. The minimum Gasteiger partial charge on any atom is -0.497 e. The van der Waals surface area contributed by atoms with Crippen LogP contribution in [0, 0.1) is 0 Å². The number of aromatic nitrogens is 1. The van der Waals surface area contributed by atoms with E-state index in [9.17, 15) is 9.59 Å². The highest BCUT2D eigenvalue weighted by Crippen LogP contribution is 2.27. The molecule has 4 aromatic rings. The first kappa shape index (κ1) is 19.5. The number of ether oxygens (including phenoxy) is 2. The number of carbonyl (C=O) groups is 2. The third kappa shape index (κ3) is 3.96. The third-order valence-corrected chi connectivity index (χ3v) is 4.93. The van der Waals surface area contributed by atoms with Crippen molar-refractivity contribution in [2.24, 2.45) is 0 Å². The summed E-state index contributed by atoms with van der Waals surface area (Å²) in [6.07, 6.45) is 0. The Hall–Kier alpha value is -3.86. The summed E-state index contributed by atoms with van der Waals surface area (Å²) >= 11 is 0. The van der Waals surface area contributed by atoms with E-state index in [-0.39, 0.29) is 5.78 Å². The van der Waals surface area contributed by atoms with Crippen LogP contribution in [0.3, 0.4) is 0 Å². The van der Waals surface area contributed by atoms with Gasteiger partial charge in [-0.3, -0.25) is 4.79 Å². The molecule has 0 saturated carbocycles. The van der Waals surface area contributed by atoms with Crippen LogP contribution in [0.25, 0.3) is 10.9 Å². The number of hydrogen-bond acceptors (Lipinski definition) is 4. The van der Waals surface area contributed by atoms with Crippen molar-refractivity contribution in [1.82, 2.24) is 4.57 Å². The minimum atomic E-state index is -0.423. The molecule has 4 rings (SSSR count). The van der Waals surface area contributed by atoms with Crippen molar-refractivity contribution in [3.63, 3.8) is 0 Å². The van der Waals surface area contributed by atoms with E-state index in [2.05, 4.69) is 0 Å². The van der Waals surface area contributed by atoms with Crippen LogP contribution in [0.4, 0.5) is 0 Å². The van der Waals surface area contributed by atoms with Gasteiger partial charge in [0.15, 0.2) is 5.78 Å². The van der Waals surface area contributed by atoms with Gasteiger partial charge in [-0.25, -0.2) is 4.79 Å². The fourth-order valence-corrected chi connectivity index (χ4v) is 3.45. The number of esters is 1. The predicted octanol–water partition coefficient (Wildman–Crippen LogP) is 5.12. The van der Waals surface area contributed by atoms with Gasteiger partial charge in [0.2, 0.25) is 0 Å². The molecule has 0 aliphatic carbocycles. The lowest BCUT2D eigenvalue weighted by molar-refractivity contribution is 0.0734. The molecule has 5 heteroatoms. The molecule has 0 atom stereocenters. The number of Topliss-reactive ketones (excluding diaryl/α,β-unsaturated/α-hetero) is 1. The highest BCUT2D eigenvalue weighted by Gasteiger charge is 2.15. The van der Waals surface area contributed by atoms with Crippen molar-refractivity contribution in [3.05, 3.63) is 95.7 Å². The highest BCUT2D eigenvalue weighted by molar-refractivity contribution is 5.99. The van der Waals surface area contributed by atoms with Crippen molar-refractivity contribution in [1.29, 1.82) is 0 Å². The van der Waals surface area contributed by atoms with Gasteiger partial charge in [-0.05, 0) is 48.0 Å². The van der Waals surface area contributed by atoms with Gasteiger partial charge in [0.25, 0.3) is 0 Å². The van der Waals surface area contributed by atoms with Crippen LogP contribution in [0.5, 0.6) is 11.5 Å². The molecule has 1 aromatic heterocycles. The average molecular weight is 399 g/mol. The van der Waals surface area contributed by atoms with Crippen LogP contribution in [-0.4, -0.2) is 23.4 Å². The van der Waals surface area contributed by atoms with Crippen LogP contribution in [-0.2, 0) is 6.54 Å². The largest absolute Gasteiger partial charge is 0.497 e. The van der Waals surface area contributed by atoms with Gasteiger partial charge in [0.05, 0.1) is 23.9 Å². The number of ketones is 1. The zero-order valence-electron chi connectivity index (χ0n) is 16.8. The Labute approximate surface area is 174 Å². The predicted molar refractivity (Wildman–Crippen MR) is 115 cm³/mol. The molecule has 3 aromatic carbocycles. The lowest BCUT2D eigenvalue weighted by Crippen LogP contribution is -2.09. The number of benzene rings is 3. The molecule has 5 nitrogen and oxygen atoms in total. The van der Waals surface area contributed by atoms with Crippen LogP contribution in [0.2, 0.25) is 0 Å². The Kier molecular flexibility index (Phi) is 5.35. The first-order valence-electron chi connectivity index (χ1n) is 9.59. The van der Waals surface area contributed by atoms with Gasteiger partial charge >= 0.3 is 5.97 Å². The molecule has 0 spiro atoms. The van der Waals surface area contributed by atoms with E-state index in [1.165, 1.54) is 0 Å². The van der Waals surface area contributed by atoms with Gasteiger partial charge < -0.3 is 14.0 Å². The number of fused-ring (bicyclic) bond motifs is 1. The van der Waals surface area contributed by atoms with E-state index < -0.39 is 5.97 Å². The SMILES string of the molecule is COc1cccc(Cn2c(C(C)=O)cc3ccc(OC(=O)c4ccccc4)cc32)c1. The van der Waals surface area contributed by atoms with Gasteiger partial charge in [0, 0.05) is 24.9 Å². The first-order chi connectivity index (χ1) is 14.5. The molecule has 1 heterocycles. The summed E-state index contributed by atoms with van der Waals surface area (Å²) in [6.45, 7) is 2.04. The molecule has 0 radical (unpaired) electrons. The van der Waals surface area contributed by atoms with Crippen LogP contribution < -0.4 is 9.47 Å². The quantitative estimate of drug-likeness (QED) is 0.257. The molecule has 0 fully saturated rings. The van der Waals surface area contributed by atoms with Crippen molar-refractivity contribution >= 4 is 22.7 Å². The maximum absolute atomic E-state index is 12.4. The Bertz CT molecular complexity index is 1220. The summed E-state index contributed by atoms with van der Waals surface area (Å²) in [5.74, 6) is 0.729. The molecule has 0 saturated heterocycles. The van der Waals surface area contributed by atoms with E-state index in [0.29, 0.717) is 23.6 Å². The second-order valence-corrected chi connectivity index (χ2v) is 7.00. The second-order valence-electron chi connectivity index (χ2n) is 7.00. The Balaban J connectivity index is 1.72. The number of carbonyl (C=O) groups excluding carboxylic acids is 2. The fourth-order valence-electron chi connectivity index (χ4n) is 3.45. The number of hydrogen-bond donors (Lipinski definition) is 0. The summed E-state index contributed by atoms with van der Waals surface area (Å²) < 4.78 is 12.8. The van der Waals surface area contributed by atoms with E-state index >= 15 is 0 Å². The van der Waals surface area contributed by atoms with Gasteiger partial charge in [-0.15, -0.1) is 0 Å². The molecule has 30 heavy (non-hydrogen) atoms. The summed E-state index contributed by atoms with van der Waals surface area (Å²) in [6, 6.07) is 23.8. The summed E-state index contributed by atoms with van der Waals surface area (Å²) in [5, 5.41) is 0.905. The summed E-state index contributed by atoms with van der Waals surface area (Å²) in [5.41, 5.74) is 2.90.